The van der Waals surface area contributed by atoms with Crippen LogP contribution in [0, 0.1) is 0 Å². The highest BCUT2D eigenvalue weighted by molar-refractivity contribution is 8.01. The van der Waals surface area contributed by atoms with E-state index in [0.717, 1.165) is 31.3 Å². The third-order valence-corrected chi connectivity index (χ3v) is 3.92. The minimum absolute atomic E-state index is 0.0606. The first-order valence-electron chi connectivity index (χ1n) is 3.99. The maximum atomic E-state index is 10.8. The Morgan fingerprint density at radius 1 is 1.64 bits per heavy atom. The Bertz CT molecular complexity index is 132. The van der Waals surface area contributed by atoms with Crippen LogP contribution in [-0.2, 0) is 4.79 Å². The predicted molar refractivity (Wildman–Crippen MR) is 50.4 cm³/mol. The Balaban J connectivity index is 2.39. The summed E-state index contributed by atoms with van der Waals surface area (Å²) in [5.41, 5.74) is 0. The molecular formula is C8H13ClOS. The Hall–Kier alpha value is 0.310. The van der Waals surface area contributed by atoms with Crippen molar-refractivity contribution in [2.75, 3.05) is 11.6 Å². The molecule has 1 unspecified atom stereocenters. The third-order valence-electron chi connectivity index (χ3n) is 2.08. The van der Waals surface area contributed by atoms with Crippen molar-refractivity contribution in [3.63, 3.8) is 0 Å². The molecule has 0 spiro atoms. The molecule has 1 atom stereocenters. The summed E-state index contributed by atoms with van der Waals surface area (Å²) in [6, 6.07) is 0. The molecule has 64 valence electrons. The molecule has 11 heavy (non-hydrogen) atoms. The summed E-state index contributed by atoms with van der Waals surface area (Å²) in [6.45, 7) is 0. The number of halogens is 1. The molecule has 1 aliphatic heterocycles. The molecule has 0 aliphatic carbocycles. The van der Waals surface area contributed by atoms with Crippen molar-refractivity contribution in [1.82, 2.24) is 0 Å². The molecule has 1 nitrogen and oxygen atoms in total. The zero-order valence-electron chi connectivity index (χ0n) is 6.51. The van der Waals surface area contributed by atoms with E-state index in [-0.39, 0.29) is 4.75 Å². The molecule has 1 fully saturated rings. The fourth-order valence-electron chi connectivity index (χ4n) is 1.43. The van der Waals surface area contributed by atoms with E-state index in [1.165, 1.54) is 6.42 Å². The fraction of sp³-hybridized carbons (Fsp3) is 0.875. The molecule has 0 aromatic heterocycles. The normalized spacial score (nSPS) is 30.6. The van der Waals surface area contributed by atoms with Gasteiger partial charge in [-0.2, -0.15) is 0 Å². The Morgan fingerprint density at radius 2 is 2.45 bits per heavy atom. The molecular weight excluding hydrogens is 180 g/mol. The van der Waals surface area contributed by atoms with Gasteiger partial charge in [0.2, 0.25) is 0 Å². The standard InChI is InChI=1S/C8H13ClOS/c9-5-1-3-8(7-10)4-2-6-11-8/h7H,1-6H2. The summed E-state index contributed by atoms with van der Waals surface area (Å²) in [5, 5.41) is 0. The van der Waals surface area contributed by atoms with Crippen LogP contribution in [-0.4, -0.2) is 22.7 Å². The average molecular weight is 193 g/mol. The van der Waals surface area contributed by atoms with Crippen molar-refractivity contribution in [2.45, 2.75) is 30.4 Å². The lowest BCUT2D eigenvalue weighted by Gasteiger charge is -2.19. The summed E-state index contributed by atoms with van der Waals surface area (Å²) >= 11 is 7.38. The first kappa shape index (κ1) is 9.40. The SMILES string of the molecule is O=CC1(CCCCl)CCCS1. The van der Waals surface area contributed by atoms with Gasteiger partial charge < -0.3 is 4.79 Å². The van der Waals surface area contributed by atoms with Gasteiger partial charge in [0.15, 0.2) is 0 Å². The lowest BCUT2D eigenvalue weighted by atomic mass is 9.99. The highest BCUT2D eigenvalue weighted by atomic mass is 35.5. The molecule has 0 saturated carbocycles. The first-order valence-corrected chi connectivity index (χ1v) is 5.51. The highest BCUT2D eigenvalue weighted by Crippen LogP contribution is 2.39. The average Bonchev–Trinajstić information content (AvgIpc) is 2.50. The predicted octanol–water partition coefficient (Wildman–Crippen LogP) is 2.47. The summed E-state index contributed by atoms with van der Waals surface area (Å²) in [7, 11) is 0. The van der Waals surface area contributed by atoms with E-state index < -0.39 is 0 Å². The number of carbonyl (C=O) groups excluding carboxylic acids is 1. The molecule has 1 aliphatic rings. The van der Waals surface area contributed by atoms with Crippen LogP contribution in [0.2, 0.25) is 0 Å². The van der Waals surface area contributed by atoms with Crippen LogP contribution in [0.1, 0.15) is 25.7 Å². The van der Waals surface area contributed by atoms with Crippen LogP contribution in [0.25, 0.3) is 0 Å². The van der Waals surface area contributed by atoms with E-state index in [1.807, 2.05) is 0 Å². The topological polar surface area (TPSA) is 17.1 Å². The molecule has 3 heteroatoms. The number of carbonyl (C=O) groups is 1. The van der Waals surface area contributed by atoms with Crippen molar-refractivity contribution in [2.24, 2.45) is 0 Å². The zero-order chi connectivity index (χ0) is 8.16. The summed E-state index contributed by atoms with van der Waals surface area (Å²) in [5.74, 6) is 1.82. The molecule has 0 N–H and O–H groups in total. The maximum Gasteiger partial charge on any atom is 0.136 e. The monoisotopic (exact) mass is 192 g/mol. The number of hydrogen-bond donors (Lipinski definition) is 0. The van der Waals surface area contributed by atoms with Crippen LogP contribution in [0.5, 0.6) is 0 Å². The Labute approximate surface area is 76.9 Å². The second-order valence-corrected chi connectivity index (χ2v) is 4.82. The largest absolute Gasteiger partial charge is 0.302 e. The lowest BCUT2D eigenvalue weighted by molar-refractivity contribution is -0.110. The minimum Gasteiger partial charge on any atom is -0.302 e. The van der Waals surface area contributed by atoms with Gasteiger partial charge in [-0.05, 0) is 31.4 Å². The first-order chi connectivity index (χ1) is 5.33. The van der Waals surface area contributed by atoms with Gasteiger partial charge in [-0.1, -0.05) is 0 Å². The van der Waals surface area contributed by atoms with E-state index in [9.17, 15) is 4.79 Å². The lowest BCUT2D eigenvalue weighted by Crippen LogP contribution is -2.22. The third kappa shape index (κ3) is 2.38. The van der Waals surface area contributed by atoms with Gasteiger partial charge in [0.25, 0.3) is 0 Å². The summed E-state index contributed by atoms with van der Waals surface area (Å²) in [6.07, 6.45) is 5.29. The Morgan fingerprint density at radius 3 is 2.91 bits per heavy atom. The van der Waals surface area contributed by atoms with E-state index in [2.05, 4.69) is 0 Å². The molecule has 1 rings (SSSR count). The molecule has 1 saturated heterocycles. The van der Waals surface area contributed by atoms with Gasteiger partial charge in [-0.15, -0.1) is 23.4 Å². The number of rotatable bonds is 4. The van der Waals surface area contributed by atoms with E-state index in [1.54, 1.807) is 11.8 Å². The molecule has 0 aromatic carbocycles. The maximum absolute atomic E-state index is 10.8. The van der Waals surface area contributed by atoms with Crippen LogP contribution < -0.4 is 0 Å². The molecule has 0 amide bonds. The second kappa shape index (κ2) is 4.36. The molecule has 0 aromatic rings. The van der Waals surface area contributed by atoms with Gasteiger partial charge >= 0.3 is 0 Å². The van der Waals surface area contributed by atoms with Gasteiger partial charge in [0.05, 0.1) is 4.75 Å². The van der Waals surface area contributed by atoms with E-state index in [4.69, 9.17) is 11.6 Å². The molecule has 0 radical (unpaired) electrons. The Kier molecular flexibility index (Phi) is 3.73. The number of alkyl halides is 1. The minimum atomic E-state index is -0.0606. The van der Waals surface area contributed by atoms with Crippen LogP contribution >= 0.6 is 23.4 Å². The van der Waals surface area contributed by atoms with Crippen molar-refractivity contribution < 1.29 is 4.79 Å². The quantitative estimate of drug-likeness (QED) is 0.503. The zero-order valence-corrected chi connectivity index (χ0v) is 8.09. The number of hydrogen-bond acceptors (Lipinski definition) is 2. The highest BCUT2D eigenvalue weighted by Gasteiger charge is 2.33. The van der Waals surface area contributed by atoms with Gasteiger partial charge in [0.1, 0.15) is 6.29 Å². The van der Waals surface area contributed by atoms with Crippen molar-refractivity contribution in [3.05, 3.63) is 0 Å². The van der Waals surface area contributed by atoms with Crippen molar-refractivity contribution >= 4 is 29.6 Å². The van der Waals surface area contributed by atoms with Crippen molar-refractivity contribution in [3.8, 4) is 0 Å². The van der Waals surface area contributed by atoms with Gasteiger partial charge in [0, 0.05) is 5.88 Å². The van der Waals surface area contributed by atoms with Crippen LogP contribution in [0.3, 0.4) is 0 Å². The fourth-order valence-corrected chi connectivity index (χ4v) is 2.91. The van der Waals surface area contributed by atoms with Crippen LogP contribution in [0.15, 0.2) is 0 Å². The molecule has 1 heterocycles. The van der Waals surface area contributed by atoms with E-state index >= 15 is 0 Å². The van der Waals surface area contributed by atoms with Crippen molar-refractivity contribution in [1.29, 1.82) is 0 Å². The molecule has 0 bridgehead atoms. The van der Waals surface area contributed by atoms with Gasteiger partial charge in [-0.3, -0.25) is 0 Å². The van der Waals surface area contributed by atoms with E-state index in [0.29, 0.717) is 5.88 Å². The second-order valence-electron chi connectivity index (χ2n) is 2.93. The number of aldehydes is 1. The summed E-state index contributed by atoms with van der Waals surface area (Å²) in [4.78, 5) is 10.8. The van der Waals surface area contributed by atoms with Crippen LogP contribution in [0.4, 0.5) is 0 Å². The summed E-state index contributed by atoms with van der Waals surface area (Å²) < 4.78 is -0.0606. The number of thioether (sulfide) groups is 1. The van der Waals surface area contributed by atoms with Gasteiger partial charge in [-0.25, -0.2) is 0 Å². The smallest absolute Gasteiger partial charge is 0.136 e.